The number of likely N-dealkylation sites (N-methyl/N-ethyl adjacent to an activating group) is 1. The minimum absolute atomic E-state index is 0.0460. The first-order valence-electron chi connectivity index (χ1n) is 11.3. The van der Waals surface area contributed by atoms with Gasteiger partial charge in [0.05, 0.1) is 12.7 Å². The van der Waals surface area contributed by atoms with Gasteiger partial charge in [0.2, 0.25) is 0 Å². The minimum atomic E-state index is -0.262. The number of hydrogen-bond acceptors (Lipinski definition) is 7. The summed E-state index contributed by atoms with van der Waals surface area (Å²) in [4.78, 5) is 23.5. The van der Waals surface area contributed by atoms with Crippen molar-refractivity contribution in [2.24, 2.45) is 10.9 Å². The molecule has 33 heavy (non-hydrogen) atoms. The van der Waals surface area contributed by atoms with Gasteiger partial charge in [0, 0.05) is 50.4 Å². The van der Waals surface area contributed by atoms with Gasteiger partial charge < -0.3 is 19.5 Å². The Morgan fingerprint density at radius 2 is 2.03 bits per heavy atom. The summed E-state index contributed by atoms with van der Waals surface area (Å²) < 4.78 is 11.8. The molecule has 1 fully saturated rings. The number of aliphatic hydroxyl groups is 1. The fraction of sp³-hybridized carbons (Fsp3) is 0.440. The van der Waals surface area contributed by atoms with Crippen LogP contribution < -0.4 is 4.74 Å². The molecule has 2 atom stereocenters. The van der Waals surface area contributed by atoms with Crippen molar-refractivity contribution >= 4 is 12.1 Å². The molecular weight excluding hydrogens is 420 g/mol. The van der Waals surface area contributed by atoms with E-state index in [0.29, 0.717) is 31.7 Å². The zero-order chi connectivity index (χ0) is 23.4. The SMILES string of the molecule is CN(C)CN(C)CC1CN(C(=O)C2=C(O)C3=CC=C(Oc4ccccc4)CC3C=N2)CCO1. The molecule has 8 heteroatoms. The molecule has 1 aromatic carbocycles. The Balaban J connectivity index is 1.43. The zero-order valence-corrected chi connectivity index (χ0v) is 19.5. The second kappa shape index (κ2) is 10.3. The Labute approximate surface area is 195 Å². The van der Waals surface area contributed by atoms with Gasteiger partial charge in [-0.1, -0.05) is 24.3 Å². The lowest BCUT2D eigenvalue weighted by Crippen LogP contribution is -2.50. The number of nitrogens with zero attached hydrogens (tertiary/aromatic N) is 4. The Bertz CT molecular complexity index is 983. The quantitative estimate of drug-likeness (QED) is 0.641. The highest BCUT2D eigenvalue weighted by Gasteiger charge is 2.33. The third-order valence-electron chi connectivity index (χ3n) is 5.81. The summed E-state index contributed by atoms with van der Waals surface area (Å²) in [5.74, 6) is 1.13. The van der Waals surface area contributed by atoms with Crippen molar-refractivity contribution in [3.05, 3.63) is 65.3 Å². The van der Waals surface area contributed by atoms with Crippen molar-refractivity contribution in [2.45, 2.75) is 12.5 Å². The topological polar surface area (TPSA) is 77.8 Å². The largest absolute Gasteiger partial charge is 0.505 e. The fourth-order valence-electron chi connectivity index (χ4n) is 4.38. The summed E-state index contributed by atoms with van der Waals surface area (Å²) >= 11 is 0. The molecule has 0 aromatic heterocycles. The summed E-state index contributed by atoms with van der Waals surface area (Å²) in [5, 5.41) is 10.9. The van der Waals surface area contributed by atoms with Gasteiger partial charge in [0.15, 0.2) is 11.5 Å². The van der Waals surface area contributed by atoms with Crippen LogP contribution in [0.5, 0.6) is 5.75 Å². The first-order valence-corrected chi connectivity index (χ1v) is 11.3. The molecule has 1 aromatic rings. The number of ether oxygens (including phenoxy) is 2. The number of morpholine rings is 1. The Morgan fingerprint density at radius 1 is 1.24 bits per heavy atom. The number of benzene rings is 1. The van der Waals surface area contributed by atoms with Crippen LogP contribution in [0.1, 0.15) is 6.42 Å². The molecular formula is C25H32N4O4. The Morgan fingerprint density at radius 3 is 2.79 bits per heavy atom. The number of rotatable bonds is 7. The van der Waals surface area contributed by atoms with Crippen LogP contribution in [0.2, 0.25) is 0 Å². The lowest BCUT2D eigenvalue weighted by atomic mass is 9.87. The van der Waals surface area contributed by atoms with E-state index in [2.05, 4.69) is 14.8 Å². The molecule has 1 amide bonds. The van der Waals surface area contributed by atoms with Gasteiger partial charge in [0.1, 0.15) is 11.5 Å². The summed E-state index contributed by atoms with van der Waals surface area (Å²) in [6, 6.07) is 9.58. The molecule has 176 valence electrons. The fourth-order valence-corrected chi connectivity index (χ4v) is 4.38. The summed E-state index contributed by atoms with van der Waals surface area (Å²) in [5.41, 5.74) is 0.796. The predicted molar refractivity (Wildman–Crippen MR) is 127 cm³/mol. The van der Waals surface area contributed by atoms with Crippen molar-refractivity contribution in [3.63, 3.8) is 0 Å². The maximum Gasteiger partial charge on any atom is 0.276 e. The van der Waals surface area contributed by atoms with E-state index in [0.717, 1.165) is 24.7 Å². The van der Waals surface area contributed by atoms with Crippen molar-refractivity contribution < 1.29 is 19.4 Å². The number of fused-ring (bicyclic) bond motifs is 1. The van der Waals surface area contributed by atoms with E-state index in [-0.39, 0.29) is 29.4 Å². The molecule has 3 aliphatic rings. The highest BCUT2D eigenvalue weighted by atomic mass is 16.5. The van der Waals surface area contributed by atoms with Crippen LogP contribution >= 0.6 is 0 Å². The normalized spacial score (nSPS) is 22.9. The van der Waals surface area contributed by atoms with Crippen LogP contribution in [0.3, 0.4) is 0 Å². The number of hydrogen-bond donors (Lipinski definition) is 1. The number of allylic oxidation sites excluding steroid dienone is 4. The van der Waals surface area contributed by atoms with E-state index in [9.17, 15) is 9.90 Å². The average molecular weight is 453 g/mol. The highest BCUT2D eigenvalue weighted by Crippen LogP contribution is 2.34. The van der Waals surface area contributed by atoms with E-state index in [1.807, 2.05) is 63.6 Å². The number of aliphatic imine (C=N–C) groups is 1. The molecule has 1 saturated heterocycles. The lowest BCUT2D eigenvalue weighted by molar-refractivity contribution is -0.135. The van der Waals surface area contributed by atoms with Crippen LogP contribution in [0.15, 0.2) is 70.3 Å². The first kappa shape index (κ1) is 23.2. The number of aliphatic hydroxyl groups excluding tert-OH is 1. The number of carbonyl (C=O) groups is 1. The summed E-state index contributed by atoms with van der Waals surface area (Å²) in [6.45, 7) is 2.95. The average Bonchev–Trinajstić information content (AvgIpc) is 2.79. The van der Waals surface area contributed by atoms with Crippen molar-refractivity contribution in [2.75, 3.05) is 54.1 Å². The highest BCUT2D eigenvalue weighted by molar-refractivity contribution is 5.97. The molecule has 0 spiro atoms. The molecule has 4 rings (SSSR count). The van der Waals surface area contributed by atoms with Crippen LogP contribution in [-0.2, 0) is 9.53 Å². The lowest BCUT2D eigenvalue weighted by Gasteiger charge is -2.36. The standard InChI is InChI=1S/C25H32N4O4/c1-27(2)17-28(3)15-21-16-29(11-12-32-21)25(31)23-24(30)22-10-9-20(13-18(22)14-26-23)33-19-7-5-4-6-8-19/h4-10,14,18,21,30H,11-13,15-17H2,1-3H3. The van der Waals surface area contributed by atoms with Crippen LogP contribution in [0.25, 0.3) is 0 Å². The molecule has 8 nitrogen and oxygen atoms in total. The van der Waals surface area contributed by atoms with Gasteiger partial charge >= 0.3 is 0 Å². The Hall–Kier alpha value is -2.94. The van der Waals surface area contributed by atoms with E-state index in [1.165, 1.54) is 0 Å². The molecule has 1 aliphatic carbocycles. The summed E-state index contributed by atoms with van der Waals surface area (Å²) in [7, 11) is 6.07. The van der Waals surface area contributed by atoms with E-state index in [1.54, 1.807) is 11.1 Å². The second-order valence-electron chi connectivity index (χ2n) is 8.96. The molecule has 0 radical (unpaired) electrons. The predicted octanol–water partition coefficient (Wildman–Crippen LogP) is 2.43. The van der Waals surface area contributed by atoms with Crippen molar-refractivity contribution in [1.82, 2.24) is 14.7 Å². The van der Waals surface area contributed by atoms with Gasteiger partial charge in [-0.3, -0.25) is 19.6 Å². The molecule has 1 N–H and O–H groups in total. The molecule has 2 unspecified atom stereocenters. The smallest absolute Gasteiger partial charge is 0.276 e. The van der Waals surface area contributed by atoms with Gasteiger partial charge in [-0.15, -0.1) is 0 Å². The third-order valence-corrected chi connectivity index (χ3v) is 5.81. The van der Waals surface area contributed by atoms with Gasteiger partial charge in [-0.05, 0) is 39.4 Å². The number of para-hydroxylation sites is 1. The van der Waals surface area contributed by atoms with E-state index >= 15 is 0 Å². The minimum Gasteiger partial charge on any atom is -0.505 e. The van der Waals surface area contributed by atoms with Crippen LogP contribution in [0, 0.1) is 5.92 Å². The van der Waals surface area contributed by atoms with Gasteiger partial charge in [-0.25, -0.2) is 0 Å². The monoisotopic (exact) mass is 452 g/mol. The van der Waals surface area contributed by atoms with Crippen molar-refractivity contribution in [1.29, 1.82) is 0 Å². The maximum atomic E-state index is 13.2. The van der Waals surface area contributed by atoms with Crippen LogP contribution in [-0.4, -0.2) is 92.1 Å². The third kappa shape index (κ3) is 5.71. The molecule has 2 aliphatic heterocycles. The zero-order valence-electron chi connectivity index (χ0n) is 19.5. The molecule has 2 heterocycles. The van der Waals surface area contributed by atoms with E-state index < -0.39 is 0 Å². The molecule has 0 saturated carbocycles. The Kier molecular flexibility index (Phi) is 7.27. The van der Waals surface area contributed by atoms with Crippen molar-refractivity contribution in [3.8, 4) is 5.75 Å². The maximum absolute atomic E-state index is 13.2. The first-order chi connectivity index (χ1) is 15.9. The number of amides is 1. The molecule has 0 bridgehead atoms. The van der Waals surface area contributed by atoms with Gasteiger partial charge in [0.25, 0.3) is 5.91 Å². The summed E-state index contributed by atoms with van der Waals surface area (Å²) in [6.07, 6.45) is 5.90. The van der Waals surface area contributed by atoms with Crippen LogP contribution in [0.4, 0.5) is 0 Å². The number of carbonyl (C=O) groups excluding carboxylic acids is 1. The van der Waals surface area contributed by atoms with E-state index in [4.69, 9.17) is 9.47 Å². The van der Waals surface area contributed by atoms with Gasteiger partial charge in [-0.2, -0.15) is 0 Å². The second-order valence-corrected chi connectivity index (χ2v) is 8.96.